The van der Waals surface area contributed by atoms with Crippen LogP contribution in [-0.4, -0.2) is 54.7 Å². The number of hydrogen-bond acceptors (Lipinski definition) is 5. The molecule has 0 aliphatic carbocycles. The summed E-state index contributed by atoms with van der Waals surface area (Å²) in [6.07, 6.45) is 1.70. The standard InChI is InChI=1S/C20H18Cl2N4O4S/c21-16-13-17(22)18(31(28,29)25-8-10-30-11-9-25)12-15(16)20(27)23-19-6-7-26(24-19)14-4-2-1-3-5-14/h1-7,12-13H,8-11H2,(H,23,24,27). The second-order valence-corrected chi connectivity index (χ2v) is 9.43. The van der Waals surface area contributed by atoms with Crippen LogP contribution in [0, 0.1) is 0 Å². The van der Waals surface area contributed by atoms with Crippen molar-refractivity contribution in [1.82, 2.24) is 14.1 Å². The van der Waals surface area contributed by atoms with E-state index in [9.17, 15) is 13.2 Å². The fourth-order valence-electron chi connectivity index (χ4n) is 3.13. The van der Waals surface area contributed by atoms with Crippen LogP contribution in [0.3, 0.4) is 0 Å². The Balaban J connectivity index is 1.60. The van der Waals surface area contributed by atoms with Gasteiger partial charge in [-0.05, 0) is 24.3 Å². The molecule has 0 atom stereocenters. The van der Waals surface area contributed by atoms with Crippen molar-refractivity contribution >= 4 is 45.0 Å². The number of aromatic nitrogens is 2. The Morgan fingerprint density at radius 3 is 2.45 bits per heavy atom. The molecule has 4 rings (SSSR count). The highest BCUT2D eigenvalue weighted by Crippen LogP contribution is 2.31. The highest BCUT2D eigenvalue weighted by atomic mass is 35.5. The van der Waals surface area contributed by atoms with Gasteiger partial charge in [0.2, 0.25) is 10.0 Å². The van der Waals surface area contributed by atoms with Gasteiger partial charge in [0.1, 0.15) is 4.90 Å². The summed E-state index contributed by atoms with van der Waals surface area (Å²) in [5.74, 6) is -0.309. The number of halogens is 2. The quantitative estimate of drug-likeness (QED) is 0.603. The molecule has 31 heavy (non-hydrogen) atoms. The maximum absolute atomic E-state index is 13.0. The predicted octanol–water partition coefficient (Wildman–Crippen LogP) is 3.45. The van der Waals surface area contributed by atoms with Crippen LogP contribution in [0.5, 0.6) is 0 Å². The number of amides is 1. The lowest BCUT2D eigenvalue weighted by Gasteiger charge is -2.26. The zero-order valence-corrected chi connectivity index (χ0v) is 18.5. The fourth-order valence-corrected chi connectivity index (χ4v) is 5.37. The van der Waals surface area contributed by atoms with Crippen LogP contribution in [0.2, 0.25) is 10.0 Å². The maximum atomic E-state index is 13.0. The zero-order chi connectivity index (χ0) is 22.0. The molecule has 11 heteroatoms. The number of nitrogens with one attached hydrogen (secondary N) is 1. The number of para-hydroxylation sites is 1. The van der Waals surface area contributed by atoms with E-state index in [0.717, 1.165) is 5.69 Å². The van der Waals surface area contributed by atoms with Gasteiger partial charge in [0, 0.05) is 25.4 Å². The van der Waals surface area contributed by atoms with Crippen LogP contribution in [-0.2, 0) is 14.8 Å². The molecule has 3 aromatic rings. The maximum Gasteiger partial charge on any atom is 0.258 e. The number of benzene rings is 2. The Hall–Kier alpha value is -2.43. The van der Waals surface area contributed by atoms with E-state index < -0.39 is 15.9 Å². The highest BCUT2D eigenvalue weighted by molar-refractivity contribution is 7.89. The smallest absolute Gasteiger partial charge is 0.258 e. The topological polar surface area (TPSA) is 93.5 Å². The summed E-state index contributed by atoms with van der Waals surface area (Å²) in [7, 11) is -3.91. The number of rotatable bonds is 5. The van der Waals surface area contributed by atoms with Crippen molar-refractivity contribution in [3.63, 3.8) is 0 Å². The monoisotopic (exact) mass is 480 g/mol. The third-order valence-corrected chi connectivity index (χ3v) is 7.38. The number of morpholine rings is 1. The van der Waals surface area contributed by atoms with Crippen molar-refractivity contribution in [1.29, 1.82) is 0 Å². The molecule has 0 saturated carbocycles. The lowest BCUT2D eigenvalue weighted by atomic mass is 10.2. The lowest BCUT2D eigenvalue weighted by molar-refractivity contribution is 0.0730. The highest BCUT2D eigenvalue weighted by Gasteiger charge is 2.30. The minimum absolute atomic E-state index is 0.0211. The lowest BCUT2D eigenvalue weighted by Crippen LogP contribution is -2.40. The molecule has 0 bridgehead atoms. The molecule has 2 aromatic carbocycles. The molecule has 1 amide bonds. The average molecular weight is 481 g/mol. The molecule has 1 fully saturated rings. The zero-order valence-electron chi connectivity index (χ0n) is 16.2. The van der Waals surface area contributed by atoms with E-state index in [2.05, 4.69) is 10.4 Å². The summed E-state index contributed by atoms with van der Waals surface area (Å²) < 4.78 is 34.1. The first kappa shape index (κ1) is 21.8. The van der Waals surface area contributed by atoms with Crippen molar-refractivity contribution in [3.8, 4) is 5.69 Å². The van der Waals surface area contributed by atoms with E-state index >= 15 is 0 Å². The van der Waals surface area contributed by atoms with Gasteiger partial charge in [0.05, 0.1) is 34.5 Å². The van der Waals surface area contributed by atoms with Gasteiger partial charge >= 0.3 is 0 Å². The van der Waals surface area contributed by atoms with Gasteiger partial charge in [-0.2, -0.15) is 9.40 Å². The Labute approximate surface area is 189 Å². The molecule has 0 radical (unpaired) electrons. The van der Waals surface area contributed by atoms with Crippen LogP contribution in [0.25, 0.3) is 5.69 Å². The van der Waals surface area contributed by atoms with Crippen LogP contribution in [0.4, 0.5) is 5.82 Å². The van der Waals surface area contributed by atoms with E-state index in [4.69, 9.17) is 27.9 Å². The summed E-state index contributed by atoms with van der Waals surface area (Å²) >= 11 is 12.4. The van der Waals surface area contributed by atoms with Crippen LogP contribution < -0.4 is 5.32 Å². The van der Waals surface area contributed by atoms with Gasteiger partial charge in [-0.25, -0.2) is 13.1 Å². The molecule has 0 spiro atoms. The Morgan fingerprint density at radius 1 is 1.03 bits per heavy atom. The number of ether oxygens (including phenoxy) is 1. The van der Waals surface area contributed by atoms with Crippen LogP contribution in [0.1, 0.15) is 10.4 Å². The van der Waals surface area contributed by atoms with Gasteiger partial charge in [0.15, 0.2) is 5.82 Å². The van der Waals surface area contributed by atoms with Gasteiger partial charge in [-0.15, -0.1) is 0 Å². The molecule has 8 nitrogen and oxygen atoms in total. The van der Waals surface area contributed by atoms with E-state index in [1.54, 1.807) is 16.9 Å². The SMILES string of the molecule is O=C(Nc1ccn(-c2ccccc2)n1)c1cc(S(=O)(=O)N2CCOCC2)c(Cl)cc1Cl. The summed E-state index contributed by atoms with van der Waals surface area (Å²) in [5.41, 5.74) is 0.804. The first-order chi connectivity index (χ1) is 14.9. The summed E-state index contributed by atoms with van der Waals surface area (Å²) in [4.78, 5) is 12.7. The molecule has 1 aliphatic heterocycles. The van der Waals surface area contributed by atoms with Crippen LogP contribution in [0.15, 0.2) is 59.6 Å². The van der Waals surface area contributed by atoms with Crippen molar-refractivity contribution < 1.29 is 17.9 Å². The van der Waals surface area contributed by atoms with E-state index in [1.165, 1.54) is 16.4 Å². The first-order valence-electron chi connectivity index (χ1n) is 9.35. The molecule has 162 valence electrons. The molecular weight excluding hydrogens is 463 g/mol. The number of carbonyl (C=O) groups is 1. The first-order valence-corrected chi connectivity index (χ1v) is 11.6. The Bertz CT molecular complexity index is 1210. The van der Waals surface area contributed by atoms with Crippen LogP contribution >= 0.6 is 23.2 Å². The van der Waals surface area contributed by atoms with E-state index in [1.807, 2.05) is 30.3 Å². The summed E-state index contributed by atoms with van der Waals surface area (Å²) in [6, 6.07) is 13.5. The average Bonchev–Trinajstić information content (AvgIpc) is 3.23. The normalized spacial score (nSPS) is 15.0. The van der Waals surface area contributed by atoms with Gasteiger partial charge in [0.25, 0.3) is 5.91 Å². The number of hydrogen-bond donors (Lipinski definition) is 1. The van der Waals surface area contributed by atoms with E-state index in [0.29, 0.717) is 13.2 Å². The second-order valence-electron chi connectivity index (χ2n) is 6.71. The van der Waals surface area contributed by atoms with Crippen molar-refractivity contribution in [3.05, 3.63) is 70.3 Å². The second kappa shape index (κ2) is 8.97. The van der Waals surface area contributed by atoms with E-state index in [-0.39, 0.29) is 39.4 Å². The molecule has 1 aromatic heterocycles. The Morgan fingerprint density at radius 2 is 1.74 bits per heavy atom. The van der Waals surface area contributed by atoms with Gasteiger partial charge < -0.3 is 10.1 Å². The molecule has 1 aliphatic rings. The summed E-state index contributed by atoms with van der Waals surface area (Å²) in [5, 5.41) is 6.93. The van der Waals surface area contributed by atoms with Gasteiger partial charge in [-0.1, -0.05) is 41.4 Å². The van der Waals surface area contributed by atoms with Crippen molar-refractivity contribution in [2.45, 2.75) is 4.90 Å². The van der Waals surface area contributed by atoms with Crippen molar-refractivity contribution in [2.75, 3.05) is 31.6 Å². The fraction of sp³-hybridized carbons (Fsp3) is 0.200. The molecule has 1 saturated heterocycles. The predicted molar refractivity (Wildman–Crippen MR) is 118 cm³/mol. The van der Waals surface area contributed by atoms with Gasteiger partial charge in [-0.3, -0.25) is 4.79 Å². The third kappa shape index (κ3) is 4.60. The number of anilines is 1. The number of sulfonamides is 1. The molecule has 0 unspecified atom stereocenters. The Kier molecular flexibility index (Phi) is 6.31. The molecular formula is C20H18Cl2N4O4S. The summed E-state index contributed by atoms with van der Waals surface area (Å²) in [6.45, 7) is 1.00. The minimum Gasteiger partial charge on any atom is -0.379 e. The van der Waals surface area contributed by atoms with Crippen molar-refractivity contribution in [2.24, 2.45) is 0 Å². The third-order valence-electron chi connectivity index (χ3n) is 4.71. The number of nitrogens with zero attached hydrogens (tertiary/aromatic N) is 3. The number of carbonyl (C=O) groups excluding carboxylic acids is 1. The molecule has 1 N–H and O–H groups in total. The minimum atomic E-state index is -3.91. The largest absolute Gasteiger partial charge is 0.379 e. The molecule has 2 heterocycles.